The van der Waals surface area contributed by atoms with Crippen molar-refractivity contribution in [2.24, 2.45) is 10.8 Å². The van der Waals surface area contributed by atoms with Gasteiger partial charge >= 0.3 is 0 Å². The Labute approximate surface area is 433 Å². The van der Waals surface area contributed by atoms with E-state index in [0.717, 1.165) is 21.9 Å². The molecule has 2 aromatic heterocycles. The van der Waals surface area contributed by atoms with E-state index < -0.39 is 10.8 Å². The lowest BCUT2D eigenvalue weighted by Crippen LogP contribution is -2.28. The maximum Gasteiger partial charge on any atom is 0.162 e. The van der Waals surface area contributed by atoms with Gasteiger partial charge in [-0.1, -0.05) is 56.0 Å². The number of nitrogens with zero attached hydrogens (tertiary/aromatic N) is 2. The molecule has 10 rings (SSSR count). The first kappa shape index (κ1) is 52.8. The third-order valence-electron chi connectivity index (χ3n) is 13.6. The van der Waals surface area contributed by atoms with Crippen LogP contribution in [0.4, 0.5) is 8.78 Å². The van der Waals surface area contributed by atoms with Crippen LogP contribution in [0.5, 0.6) is 46.0 Å². The average molecular weight is 1020 g/mol. The van der Waals surface area contributed by atoms with Crippen molar-refractivity contribution in [3.8, 4) is 46.0 Å². The second-order valence-electron chi connectivity index (χ2n) is 18.4. The highest BCUT2D eigenvalue weighted by Gasteiger charge is 2.55. The third kappa shape index (κ3) is 11.8. The molecule has 384 valence electrons. The van der Waals surface area contributed by atoms with E-state index in [0.29, 0.717) is 93.8 Å². The molecule has 2 fully saturated rings. The van der Waals surface area contributed by atoms with Crippen LogP contribution >= 0.6 is 0 Å². The molecule has 14 heteroatoms. The molecule has 75 heavy (non-hydrogen) atoms. The number of ketones is 4. The SMILES string of the molecule is C.COc1cc2nccc(Oc3ccc(CC(=O)C4(C(=O)Cc5ccc(F)cc5)CC4)cc3)c2cc1OC.COc1cc2nccc(Oc3ccc(CC(=O)C4(C(=O)Cc5ccc(F)cc5)CC4)cc3)c2cc1OC. The van der Waals surface area contributed by atoms with Gasteiger partial charge < -0.3 is 28.4 Å². The second kappa shape index (κ2) is 22.7. The minimum absolute atomic E-state index is 0. The van der Waals surface area contributed by atoms with E-state index in [4.69, 9.17) is 28.4 Å². The molecular weight excluding hydrogens is 959 g/mol. The number of rotatable bonds is 20. The standard InChI is InChI=1S/2C30H26FNO5.CH4/c2*1-35-26-17-23-24(18-27(26)36-2)32-14-11-25(23)37-22-9-5-20(6-10-22)16-29(34)30(12-13-30)28(33)15-19-3-7-21(31)8-4-19;/h2*3-11,14,17-18H,12-13,15-16H2,1-2H3;1H4. The highest BCUT2D eigenvalue weighted by molar-refractivity contribution is 6.11. The van der Waals surface area contributed by atoms with Gasteiger partial charge in [0.15, 0.2) is 46.1 Å². The van der Waals surface area contributed by atoms with Crippen LogP contribution in [0.2, 0.25) is 0 Å². The van der Waals surface area contributed by atoms with Crippen LogP contribution in [0.1, 0.15) is 55.4 Å². The molecule has 6 aromatic carbocycles. The molecule has 0 radical (unpaired) electrons. The summed E-state index contributed by atoms with van der Waals surface area (Å²) in [6.45, 7) is 0. The van der Waals surface area contributed by atoms with Crippen molar-refractivity contribution in [2.45, 2.75) is 58.8 Å². The molecule has 8 aromatic rings. The summed E-state index contributed by atoms with van der Waals surface area (Å²) in [5.41, 5.74) is 2.63. The zero-order valence-corrected chi connectivity index (χ0v) is 41.2. The van der Waals surface area contributed by atoms with E-state index in [2.05, 4.69) is 9.97 Å². The van der Waals surface area contributed by atoms with Crippen molar-refractivity contribution in [3.05, 3.63) is 180 Å². The van der Waals surface area contributed by atoms with E-state index in [-0.39, 0.29) is 67.9 Å². The molecule has 0 N–H and O–H groups in total. The van der Waals surface area contributed by atoms with Gasteiger partial charge in [0.1, 0.15) is 34.6 Å². The summed E-state index contributed by atoms with van der Waals surface area (Å²) in [6, 6.07) is 37.0. The zero-order chi connectivity index (χ0) is 52.0. The minimum Gasteiger partial charge on any atom is -0.493 e. The molecular formula is C61H56F2N2O10. The molecule has 0 amide bonds. The Morgan fingerprint density at radius 3 is 0.973 bits per heavy atom. The number of hydrogen-bond donors (Lipinski definition) is 0. The Morgan fingerprint density at radius 1 is 0.413 bits per heavy atom. The molecule has 2 heterocycles. The summed E-state index contributed by atoms with van der Waals surface area (Å²) < 4.78 is 60.1. The maximum absolute atomic E-state index is 13.2. The molecule has 0 spiro atoms. The predicted molar refractivity (Wildman–Crippen MR) is 280 cm³/mol. The lowest BCUT2D eigenvalue weighted by atomic mass is 9.88. The van der Waals surface area contributed by atoms with E-state index in [1.54, 1.807) is 114 Å². The van der Waals surface area contributed by atoms with Crippen LogP contribution in [0.3, 0.4) is 0 Å². The summed E-state index contributed by atoms with van der Waals surface area (Å²) in [5, 5.41) is 1.55. The summed E-state index contributed by atoms with van der Waals surface area (Å²) in [5.74, 6) is 3.70. The third-order valence-corrected chi connectivity index (χ3v) is 13.6. The van der Waals surface area contributed by atoms with Crippen molar-refractivity contribution < 1.29 is 56.4 Å². The number of ether oxygens (including phenoxy) is 6. The highest BCUT2D eigenvalue weighted by Crippen LogP contribution is 2.50. The van der Waals surface area contributed by atoms with E-state index in [1.165, 1.54) is 24.3 Å². The number of carbonyl (C=O) groups excluding carboxylic acids is 4. The van der Waals surface area contributed by atoms with Gasteiger partial charge in [-0.25, -0.2) is 8.78 Å². The van der Waals surface area contributed by atoms with Gasteiger partial charge in [-0.05, 0) is 121 Å². The summed E-state index contributed by atoms with van der Waals surface area (Å²) in [4.78, 5) is 60.7. The summed E-state index contributed by atoms with van der Waals surface area (Å²) in [7, 11) is 6.29. The van der Waals surface area contributed by atoms with Gasteiger partial charge in [0, 0.05) is 61.0 Å². The van der Waals surface area contributed by atoms with Gasteiger partial charge in [-0.2, -0.15) is 0 Å². The molecule has 2 aliphatic carbocycles. The van der Waals surface area contributed by atoms with Gasteiger partial charge in [-0.15, -0.1) is 0 Å². The van der Waals surface area contributed by atoms with Crippen molar-refractivity contribution in [1.82, 2.24) is 9.97 Å². The van der Waals surface area contributed by atoms with Crippen LogP contribution in [-0.4, -0.2) is 61.5 Å². The number of hydrogen-bond acceptors (Lipinski definition) is 12. The number of carbonyl (C=O) groups is 4. The van der Waals surface area contributed by atoms with Crippen LogP contribution in [0.15, 0.2) is 146 Å². The number of benzene rings is 6. The second-order valence-corrected chi connectivity index (χ2v) is 18.4. The van der Waals surface area contributed by atoms with Gasteiger partial charge in [0.05, 0.1) is 50.3 Å². The largest absolute Gasteiger partial charge is 0.493 e. The highest BCUT2D eigenvalue weighted by atomic mass is 19.1. The lowest BCUT2D eigenvalue weighted by Gasteiger charge is -2.14. The van der Waals surface area contributed by atoms with Crippen molar-refractivity contribution in [3.63, 3.8) is 0 Å². The first-order valence-corrected chi connectivity index (χ1v) is 24.0. The molecule has 12 nitrogen and oxygen atoms in total. The number of aromatic nitrogens is 2. The number of fused-ring (bicyclic) bond motifs is 2. The molecule has 0 saturated heterocycles. The Bertz CT molecular complexity index is 3150. The zero-order valence-electron chi connectivity index (χ0n) is 41.2. The van der Waals surface area contributed by atoms with E-state index in [9.17, 15) is 28.0 Å². The molecule has 0 bridgehead atoms. The Hall–Kier alpha value is -8.52. The van der Waals surface area contributed by atoms with Gasteiger partial charge in [-0.3, -0.25) is 29.1 Å². The smallest absolute Gasteiger partial charge is 0.162 e. The normalized spacial score (nSPS) is 13.5. The molecule has 2 saturated carbocycles. The quantitative estimate of drug-likeness (QED) is 0.0669. The maximum atomic E-state index is 13.2. The summed E-state index contributed by atoms with van der Waals surface area (Å²) in [6.07, 6.45) is 6.20. The number of halogens is 2. The first-order chi connectivity index (χ1) is 35.8. The Kier molecular flexibility index (Phi) is 16.0. The first-order valence-electron chi connectivity index (χ1n) is 24.0. The Balaban J connectivity index is 0.000000197. The van der Waals surface area contributed by atoms with Gasteiger partial charge in [0.25, 0.3) is 0 Å². The van der Waals surface area contributed by atoms with E-state index >= 15 is 0 Å². The van der Waals surface area contributed by atoms with Crippen molar-refractivity contribution in [1.29, 1.82) is 0 Å². The lowest BCUT2D eigenvalue weighted by molar-refractivity contribution is -0.135. The van der Waals surface area contributed by atoms with Crippen molar-refractivity contribution in [2.75, 3.05) is 28.4 Å². The summed E-state index contributed by atoms with van der Waals surface area (Å²) >= 11 is 0. The van der Waals surface area contributed by atoms with Gasteiger partial charge in [0.2, 0.25) is 0 Å². The Morgan fingerprint density at radius 2 is 0.693 bits per heavy atom. The molecule has 2 aliphatic rings. The predicted octanol–water partition coefficient (Wildman–Crippen LogP) is 12.4. The fraction of sp³-hybridized carbons (Fsp3) is 0.246. The number of pyridine rings is 2. The molecule has 0 unspecified atom stereocenters. The van der Waals surface area contributed by atoms with Crippen LogP contribution in [0, 0.1) is 22.5 Å². The molecule has 0 atom stereocenters. The topological polar surface area (TPSA) is 149 Å². The number of methoxy groups -OCH3 is 4. The fourth-order valence-corrected chi connectivity index (χ4v) is 8.98. The number of Topliss-reactive ketones (excluding diaryl/α,β-unsaturated/α-hetero) is 4. The van der Waals surface area contributed by atoms with Crippen LogP contribution < -0.4 is 28.4 Å². The molecule has 0 aliphatic heterocycles. The van der Waals surface area contributed by atoms with E-state index in [1.807, 2.05) is 36.4 Å². The van der Waals surface area contributed by atoms with Crippen LogP contribution in [-0.2, 0) is 44.9 Å². The minimum atomic E-state index is -0.917. The monoisotopic (exact) mass is 1010 g/mol. The average Bonchev–Trinajstić information content (AvgIpc) is 4.37. The van der Waals surface area contributed by atoms with Crippen molar-refractivity contribution >= 4 is 44.9 Å². The fourth-order valence-electron chi connectivity index (χ4n) is 8.98. The van der Waals surface area contributed by atoms with Crippen LogP contribution in [0.25, 0.3) is 21.8 Å².